The van der Waals surface area contributed by atoms with E-state index in [0.29, 0.717) is 5.92 Å². The molecule has 1 saturated heterocycles. The van der Waals surface area contributed by atoms with Crippen molar-refractivity contribution in [3.63, 3.8) is 0 Å². The number of aryl methyl sites for hydroxylation is 1. The van der Waals surface area contributed by atoms with E-state index in [1.165, 1.54) is 0 Å². The van der Waals surface area contributed by atoms with Gasteiger partial charge in [-0.15, -0.1) is 0 Å². The summed E-state index contributed by atoms with van der Waals surface area (Å²) in [6.45, 7) is 0.828. The maximum atomic E-state index is 11.1. The van der Waals surface area contributed by atoms with Gasteiger partial charge in [0, 0.05) is 19.2 Å². The molecule has 0 bridgehead atoms. The highest BCUT2D eigenvalue weighted by Gasteiger charge is 2.27. The Labute approximate surface area is 88.6 Å². The van der Waals surface area contributed by atoms with Crippen LogP contribution < -0.4 is 11.1 Å². The van der Waals surface area contributed by atoms with Crippen LogP contribution in [-0.2, 0) is 11.8 Å². The molecule has 82 valence electrons. The normalized spacial score (nSPS) is 26.5. The topological polar surface area (TPSA) is 72.9 Å². The van der Waals surface area contributed by atoms with Crippen LogP contribution in [0.2, 0.25) is 0 Å². The molecule has 1 fully saturated rings. The second-order valence-electron chi connectivity index (χ2n) is 4.04. The summed E-state index contributed by atoms with van der Waals surface area (Å²) in [6, 6.07) is 1.80. The van der Waals surface area contributed by atoms with Crippen molar-refractivity contribution in [2.24, 2.45) is 12.8 Å². The van der Waals surface area contributed by atoms with Gasteiger partial charge in [0.05, 0.1) is 11.7 Å². The molecule has 0 aliphatic carbocycles. The van der Waals surface area contributed by atoms with Crippen molar-refractivity contribution >= 4 is 5.91 Å². The van der Waals surface area contributed by atoms with Crippen molar-refractivity contribution in [3.05, 3.63) is 18.0 Å². The van der Waals surface area contributed by atoms with Gasteiger partial charge in [-0.25, -0.2) is 0 Å². The van der Waals surface area contributed by atoms with Gasteiger partial charge in [0.1, 0.15) is 0 Å². The molecule has 15 heavy (non-hydrogen) atoms. The van der Waals surface area contributed by atoms with Gasteiger partial charge in [-0.3, -0.25) is 9.48 Å². The van der Waals surface area contributed by atoms with Crippen molar-refractivity contribution in [2.75, 3.05) is 6.54 Å². The largest absolute Gasteiger partial charge is 0.368 e. The molecule has 1 aliphatic heterocycles. The first-order chi connectivity index (χ1) is 7.16. The second kappa shape index (κ2) is 4.02. The number of carbonyl (C=O) groups excluding carboxylic acids is 1. The van der Waals surface area contributed by atoms with Crippen LogP contribution in [0.15, 0.2) is 12.3 Å². The Morgan fingerprint density at radius 1 is 1.73 bits per heavy atom. The minimum absolute atomic E-state index is 0.203. The highest BCUT2D eigenvalue weighted by Crippen LogP contribution is 2.25. The number of nitrogens with one attached hydrogen (secondary N) is 1. The van der Waals surface area contributed by atoms with Crippen LogP contribution in [0.3, 0.4) is 0 Å². The summed E-state index contributed by atoms with van der Waals surface area (Å²) in [4.78, 5) is 11.1. The molecule has 1 aromatic heterocycles. The van der Waals surface area contributed by atoms with E-state index < -0.39 is 0 Å². The van der Waals surface area contributed by atoms with Gasteiger partial charge in [0.15, 0.2) is 0 Å². The maximum Gasteiger partial charge on any atom is 0.234 e. The average Bonchev–Trinajstić information content (AvgIpc) is 2.65. The Hall–Kier alpha value is -1.36. The molecule has 3 N–H and O–H groups in total. The third-order valence-corrected chi connectivity index (χ3v) is 2.90. The molecule has 2 rings (SSSR count). The zero-order valence-corrected chi connectivity index (χ0v) is 8.81. The molecule has 2 heterocycles. The van der Waals surface area contributed by atoms with Crippen LogP contribution in [0.4, 0.5) is 0 Å². The Morgan fingerprint density at radius 2 is 2.53 bits per heavy atom. The maximum absolute atomic E-state index is 11.1. The first-order valence-corrected chi connectivity index (χ1v) is 5.19. The summed E-state index contributed by atoms with van der Waals surface area (Å²) in [6.07, 6.45) is 3.70. The van der Waals surface area contributed by atoms with E-state index in [9.17, 15) is 4.79 Å². The van der Waals surface area contributed by atoms with Crippen molar-refractivity contribution in [2.45, 2.75) is 24.8 Å². The Balaban J connectivity index is 2.07. The quantitative estimate of drug-likeness (QED) is 0.703. The smallest absolute Gasteiger partial charge is 0.234 e. The molecule has 2 unspecified atom stereocenters. The third-order valence-electron chi connectivity index (χ3n) is 2.90. The fourth-order valence-electron chi connectivity index (χ4n) is 2.05. The summed E-state index contributed by atoms with van der Waals surface area (Å²) in [5.74, 6) is 0.0839. The molecule has 1 aliphatic rings. The van der Waals surface area contributed by atoms with E-state index in [4.69, 9.17) is 5.73 Å². The monoisotopic (exact) mass is 208 g/mol. The number of nitrogens with two attached hydrogens (primary N) is 1. The Kier molecular flexibility index (Phi) is 2.73. The summed E-state index contributed by atoms with van der Waals surface area (Å²) < 4.78 is 1.79. The van der Waals surface area contributed by atoms with Gasteiger partial charge in [0.25, 0.3) is 0 Å². The van der Waals surface area contributed by atoms with Crippen LogP contribution in [-0.4, -0.2) is 28.3 Å². The van der Waals surface area contributed by atoms with Crippen LogP contribution in [0, 0.1) is 0 Å². The number of rotatable bonds is 2. The first-order valence-electron chi connectivity index (χ1n) is 5.19. The molecule has 0 spiro atoms. The summed E-state index contributed by atoms with van der Waals surface area (Å²) in [7, 11) is 1.90. The number of nitrogens with zero attached hydrogens (tertiary/aromatic N) is 2. The van der Waals surface area contributed by atoms with E-state index in [1.807, 2.05) is 19.3 Å². The molecule has 0 radical (unpaired) electrons. The number of hydrogen-bond donors (Lipinski definition) is 2. The molecule has 1 aromatic rings. The van der Waals surface area contributed by atoms with Crippen LogP contribution in [0.25, 0.3) is 0 Å². The van der Waals surface area contributed by atoms with E-state index in [-0.39, 0.29) is 11.9 Å². The lowest BCUT2D eigenvalue weighted by Crippen LogP contribution is -2.46. The average molecular weight is 208 g/mol. The van der Waals surface area contributed by atoms with Crippen molar-refractivity contribution in [1.29, 1.82) is 0 Å². The fourth-order valence-corrected chi connectivity index (χ4v) is 2.05. The lowest BCUT2D eigenvalue weighted by atomic mass is 9.89. The second-order valence-corrected chi connectivity index (χ2v) is 4.04. The first kappa shape index (κ1) is 10.2. The summed E-state index contributed by atoms with van der Waals surface area (Å²) in [5.41, 5.74) is 6.35. The Bertz CT molecular complexity index is 360. The number of carbonyl (C=O) groups is 1. The molecule has 1 amide bonds. The highest BCUT2D eigenvalue weighted by molar-refractivity contribution is 5.80. The minimum atomic E-state index is -0.268. The van der Waals surface area contributed by atoms with Crippen molar-refractivity contribution in [3.8, 4) is 0 Å². The van der Waals surface area contributed by atoms with Crippen molar-refractivity contribution < 1.29 is 4.79 Å². The molecule has 5 nitrogen and oxygen atoms in total. The van der Waals surface area contributed by atoms with Gasteiger partial charge >= 0.3 is 0 Å². The van der Waals surface area contributed by atoms with E-state index in [2.05, 4.69) is 10.4 Å². The van der Waals surface area contributed by atoms with Crippen LogP contribution >= 0.6 is 0 Å². The van der Waals surface area contributed by atoms with Gasteiger partial charge in [-0.1, -0.05) is 0 Å². The van der Waals surface area contributed by atoms with Gasteiger partial charge in [0.2, 0.25) is 5.91 Å². The van der Waals surface area contributed by atoms with Gasteiger partial charge in [-0.05, 0) is 25.5 Å². The third kappa shape index (κ3) is 2.18. The fraction of sp³-hybridized carbons (Fsp3) is 0.600. The lowest BCUT2D eigenvalue weighted by molar-refractivity contribution is -0.120. The molecular weight excluding hydrogens is 192 g/mol. The SMILES string of the molecule is Cn1ccc(C2CCNC(C(N)=O)C2)n1. The van der Waals surface area contributed by atoms with Gasteiger partial charge < -0.3 is 11.1 Å². The van der Waals surface area contributed by atoms with E-state index in [0.717, 1.165) is 25.1 Å². The number of primary amides is 1. The van der Waals surface area contributed by atoms with Gasteiger partial charge in [-0.2, -0.15) is 5.10 Å². The highest BCUT2D eigenvalue weighted by atomic mass is 16.1. The molecule has 0 aromatic carbocycles. The van der Waals surface area contributed by atoms with Crippen LogP contribution in [0.1, 0.15) is 24.5 Å². The summed E-state index contributed by atoms with van der Waals surface area (Å²) >= 11 is 0. The predicted molar refractivity (Wildman–Crippen MR) is 56.2 cm³/mol. The standard InChI is InChI=1S/C10H16N4O/c1-14-5-3-8(13-14)7-2-4-12-9(6-7)10(11)15/h3,5,7,9,12H,2,4,6H2,1H3,(H2,11,15). The van der Waals surface area contributed by atoms with Crippen molar-refractivity contribution in [1.82, 2.24) is 15.1 Å². The number of aromatic nitrogens is 2. The molecule has 0 saturated carbocycles. The summed E-state index contributed by atoms with van der Waals surface area (Å²) in [5, 5.41) is 7.48. The number of amides is 1. The minimum Gasteiger partial charge on any atom is -0.368 e. The number of piperidine rings is 1. The lowest BCUT2D eigenvalue weighted by Gasteiger charge is -2.27. The predicted octanol–water partition coefficient (Wildman–Crippen LogP) is -0.259. The van der Waals surface area contributed by atoms with Crippen LogP contribution in [0.5, 0.6) is 0 Å². The molecule has 5 heteroatoms. The van der Waals surface area contributed by atoms with E-state index >= 15 is 0 Å². The molecular formula is C10H16N4O. The zero-order valence-electron chi connectivity index (χ0n) is 8.81. The zero-order chi connectivity index (χ0) is 10.8. The number of hydrogen-bond acceptors (Lipinski definition) is 3. The Morgan fingerprint density at radius 3 is 3.13 bits per heavy atom. The van der Waals surface area contributed by atoms with E-state index in [1.54, 1.807) is 4.68 Å². The molecule has 2 atom stereocenters.